The second-order valence-corrected chi connectivity index (χ2v) is 4.90. The van der Waals surface area contributed by atoms with Crippen molar-refractivity contribution in [1.82, 2.24) is 10.2 Å². The summed E-state index contributed by atoms with van der Waals surface area (Å²) in [6.45, 7) is 15.0. The Balaban J connectivity index is 3.22. The quantitative estimate of drug-likeness (QED) is 0.335. The van der Waals surface area contributed by atoms with Gasteiger partial charge in [-0.15, -0.1) is 13.2 Å². The molecular formula is C16H33N3O. The number of nitrogens with two attached hydrogens (primary N) is 1. The molecule has 0 rings (SSSR count). The number of unbranched alkanes of at least 4 members (excludes halogenated alkanes) is 1. The van der Waals surface area contributed by atoms with Gasteiger partial charge in [0.05, 0.1) is 0 Å². The van der Waals surface area contributed by atoms with E-state index in [9.17, 15) is 0 Å². The summed E-state index contributed by atoms with van der Waals surface area (Å²) in [7, 11) is 0. The normalized spacial score (nSPS) is 10.9. The van der Waals surface area contributed by atoms with Crippen LogP contribution < -0.4 is 11.1 Å². The number of nitrogens with zero attached hydrogens (tertiary/aromatic N) is 1. The molecule has 0 unspecified atom stereocenters. The zero-order chi connectivity index (χ0) is 14.9. The van der Waals surface area contributed by atoms with Crippen LogP contribution in [0.15, 0.2) is 25.3 Å². The maximum Gasteiger partial charge on any atom is 0.0478 e. The van der Waals surface area contributed by atoms with Gasteiger partial charge in [-0.05, 0) is 51.9 Å². The highest BCUT2D eigenvalue weighted by molar-refractivity contribution is 4.79. The van der Waals surface area contributed by atoms with Crippen LogP contribution in [-0.4, -0.2) is 57.4 Å². The van der Waals surface area contributed by atoms with Gasteiger partial charge in [0.1, 0.15) is 0 Å². The standard InChI is InChI=1S/C16H33N3O/c1-3-12-19(13-4-2)14-8-11-18-10-5-6-15-20-16-7-9-17/h3-4,18H,1-2,5-17H2. The molecule has 0 aliphatic heterocycles. The lowest BCUT2D eigenvalue weighted by Crippen LogP contribution is -2.28. The summed E-state index contributed by atoms with van der Waals surface area (Å²) in [5.41, 5.74) is 5.39. The Morgan fingerprint density at radius 3 is 2.25 bits per heavy atom. The molecule has 0 bridgehead atoms. The summed E-state index contributed by atoms with van der Waals surface area (Å²) in [6, 6.07) is 0. The van der Waals surface area contributed by atoms with Gasteiger partial charge < -0.3 is 15.8 Å². The van der Waals surface area contributed by atoms with Gasteiger partial charge >= 0.3 is 0 Å². The maximum atomic E-state index is 5.45. The minimum absolute atomic E-state index is 0.719. The second-order valence-electron chi connectivity index (χ2n) is 4.90. The Labute approximate surface area is 125 Å². The van der Waals surface area contributed by atoms with Crippen molar-refractivity contribution in [2.75, 3.05) is 52.5 Å². The monoisotopic (exact) mass is 283 g/mol. The topological polar surface area (TPSA) is 50.5 Å². The van der Waals surface area contributed by atoms with Crippen molar-refractivity contribution in [2.24, 2.45) is 5.73 Å². The third kappa shape index (κ3) is 13.7. The molecule has 0 radical (unpaired) electrons. The van der Waals surface area contributed by atoms with Crippen molar-refractivity contribution in [3.05, 3.63) is 25.3 Å². The van der Waals surface area contributed by atoms with Crippen molar-refractivity contribution in [1.29, 1.82) is 0 Å². The zero-order valence-corrected chi connectivity index (χ0v) is 13.0. The molecule has 4 heteroatoms. The third-order valence-corrected chi connectivity index (χ3v) is 2.99. The Kier molecular flexibility index (Phi) is 15.8. The first-order valence-electron chi connectivity index (χ1n) is 7.77. The van der Waals surface area contributed by atoms with Crippen molar-refractivity contribution in [3.8, 4) is 0 Å². The van der Waals surface area contributed by atoms with Crippen molar-refractivity contribution >= 4 is 0 Å². The minimum Gasteiger partial charge on any atom is -0.381 e. The van der Waals surface area contributed by atoms with Crippen LogP contribution in [0.4, 0.5) is 0 Å². The fourth-order valence-electron chi connectivity index (χ4n) is 1.92. The van der Waals surface area contributed by atoms with Gasteiger partial charge in [-0.2, -0.15) is 0 Å². The van der Waals surface area contributed by atoms with E-state index in [1.165, 1.54) is 6.42 Å². The molecule has 0 aliphatic carbocycles. The van der Waals surface area contributed by atoms with Crippen LogP contribution in [-0.2, 0) is 4.74 Å². The Bertz CT molecular complexity index is 212. The van der Waals surface area contributed by atoms with Crippen molar-refractivity contribution in [3.63, 3.8) is 0 Å². The van der Waals surface area contributed by atoms with Gasteiger partial charge in [-0.3, -0.25) is 4.90 Å². The van der Waals surface area contributed by atoms with Gasteiger partial charge in [0.15, 0.2) is 0 Å². The lowest BCUT2D eigenvalue weighted by molar-refractivity contribution is 0.129. The Hall–Kier alpha value is -0.680. The molecule has 0 fully saturated rings. The molecule has 3 N–H and O–H groups in total. The van der Waals surface area contributed by atoms with E-state index in [2.05, 4.69) is 23.4 Å². The number of nitrogens with one attached hydrogen (secondary N) is 1. The van der Waals surface area contributed by atoms with Crippen LogP contribution in [0.2, 0.25) is 0 Å². The number of hydrogen-bond acceptors (Lipinski definition) is 4. The summed E-state index contributed by atoms with van der Waals surface area (Å²) in [4.78, 5) is 2.34. The van der Waals surface area contributed by atoms with E-state index in [-0.39, 0.29) is 0 Å². The van der Waals surface area contributed by atoms with Crippen LogP contribution in [0.1, 0.15) is 25.7 Å². The van der Waals surface area contributed by atoms with E-state index < -0.39 is 0 Å². The average molecular weight is 283 g/mol. The molecular weight excluding hydrogens is 250 g/mol. The summed E-state index contributed by atoms with van der Waals surface area (Å²) < 4.78 is 5.45. The van der Waals surface area contributed by atoms with Crippen LogP contribution >= 0.6 is 0 Å². The largest absolute Gasteiger partial charge is 0.381 e. The third-order valence-electron chi connectivity index (χ3n) is 2.99. The Morgan fingerprint density at radius 1 is 0.950 bits per heavy atom. The Morgan fingerprint density at radius 2 is 1.60 bits per heavy atom. The fraction of sp³-hybridized carbons (Fsp3) is 0.750. The fourth-order valence-corrected chi connectivity index (χ4v) is 1.92. The van der Waals surface area contributed by atoms with E-state index in [4.69, 9.17) is 10.5 Å². The molecule has 0 atom stereocenters. The van der Waals surface area contributed by atoms with Crippen LogP contribution in [0, 0.1) is 0 Å². The van der Waals surface area contributed by atoms with Gasteiger partial charge in [0.2, 0.25) is 0 Å². The lowest BCUT2D eigenvalue weighted by Gasteiger charge is -2.18. The minimum atomic E-state index is 0.719. The summed E-state index contributed by atoms with van der Waals surface area (Å²) in [6.07, 6.45) is 8.31. The van der Waals surface area contributed by atoms with Gasteiger partial charge in [-0.1, -0.05) is 12.2 Å². The van der Waals surface area contributed by atoms with Gasteiger partial charge in [-0.25, -0.2) is 0 Å². The SMILES string of the molecule is C=CCN(CC=C)CCCNCCCCOCCCN. The first-order valence-corrected chi connectivity index (χ1v) is 7.77. The van der Waals surface area contributed by atoms with E-state index in [0.717, 1.165) is 71.7 Å². The smallest absolute Gasteiger partial charge is 0.0478 e. The molecule has 118 valence electrons. The first kappa shape index (κ1) is 19.3. The van der Waals surface area contributed by atoms with Crippen LogP contribution in [0.5, 0.6) is 0 Å². The molecule has 20 heavy (non-hydrogen) atoms. The summed E-state index contributed by atoms with van der Waals surface area (Å²) >= 11 is 0. The van der Waals surface area contributed by atoms with E-state index in [0.29, 0.717) is 0 Å². The highest BCUT2D eigenvalue weighted by Gasteiger charge is 1.99. The summed E-state index contributed by atoms with van der Waals surface area (Å²) in [5.74, 6) is 0. The van der Waals surface area contributed by atoms with E-state index in [1.807, 2.05) is 12.2 Å². The van der Waals surface area contributed by atoms with E-state index >= 15 is 0 Å². The molecule has 0 aliphatic rings. The molecule has 0 saturated carbocycles. The molecule has 0 saturated heterocycles. The average Bonchev–Trinajstić information content (AvgIpc) is 2.45. The molecule has 0 aromatic carbocycles. The highest BCUT2D eigenvalue weighted by Crippen LogP contribution is 1.93. The predicted octanol–water partition coefficient (Wildman–Crippen LogP) is 1.79. The number of rotatable bonds is 16. The van der Waals surface area contributed by atoms with Gasteiger partial charge in [0.25, 0.3) is 0 Å². The molecule has 0 aromatic rings. The molecule has 0 heterocycles. The molecule has 0 spiro atoms. The molecule has 4 nitrogen and oxygen atoms in total. The van der Waals surface area contributed by atoms with Crippen molar-refractivity contribution < 1.29 is 4.74 Å². The maximum absolute atomic E-state index is 5.45. The zero-order valence-electron chi connectivity index (χ0n) is 13.0. The number of ether oxygens (including phenoxy) is 1. The highest BCUT2D eigenvalue weighted by atomic mass is 16.5. The van der Waals surface area contributed by atoms with Gasteiger partial charge in [0, 0.05) is 26.3 Å². The van der Waals surface area contributed by atoms with Crippen LogP contribution in [0.25, 0.3) is 0 Å². The second kappa shape index (κ2) is 16.4. The van der Waals surface area contributed by atoms with E-state index in [1.54, 1.807) is 0 Å². The molecule has 0 amide bonds. The number of hydrogen-bond donors (Lipinski definition) is 2. The predicted molar refractivity (Wildman–Crippen MR) is 88.0 cm³/mol. The first-order chi connectivity index (χ1) is 9.85. The summed E-state index contributed by atoms with van der Waals surface area (Å²) in [5, 5.41) is 3.47. The molecule has 0 aromatic heterocycles. The van der Waals surface area contributed by atoms with Crippen molar-refractivity contribution in [2.45, 2.75) is 25.7 Å². The van der Waals surface area contributed by atoms with Crippen LogP contribution in [0.3, 0.4) is 0 Å². The lowest BCUT2D eigenvalue weighted by atomic mass is 10.3.